The standard InChI is InChI=1S/C20H24N4S/c1-15-9-5-7-11-17(15)13-22(3)14-24-20(25)23(4)19(21-24)18-12-8-6-10-16(18)2/h5-12H,13-14H2,1-4H3. The largest absolute Gasteiger partial charge is 0.303 e. The van der Waals surface area contributed by atoms with E-state index in [0.29, 0.717) is 6.67 Å². The molecule has 25 heavy (non-hydrogen) atoms. The summed E-state index contributed by atoms with van der Waals surface area (Å²) in [6.07, 6.45) is 0. The lowest BCUT2D eigenvalue weighted by Gasteiger charge is -2.17. The number of benzene rings is 2. The van der Waals surface area contributed by atoms with Gasteiger partial charge in [0.05, 0.1) is 6.67 Å². The van der Waals surface area contributed by atoms with Gasteiger partial charge in [-0.15, -0.1) is 0 Å². The van der Waals surface area contributed by atoms with Crippen LogP contribution in [0.25, 0.3) is 11.4 Å². The molecule has 5 heteroatoms. The Bertz CT molecular complexity index is 939. The lowest BCUT2D eigenvalue weighted by atomic mass is 10.1. The molecule has 1 aromatic heterocycles. The number of rotatable bonds is 5. The van der Waals surface area contributed by atoms with Gasteiger partial charge in [-0.25, -0.2) is 4.68 Å². The van der Waals surface area contributed by atoms with Crippen LogP contribution in [0.5, 0.6) is 0 Å². The Hall–Kier alpha value is -2.24. The highest BCUT2D eigenvalue weighted by Crippen LogP contribution is 2.21. The quantitative estimate of drug-likeness (QED) is 0.640. The summed E-state index contributed by atoms with van der Waals surface area (Å²) in [7, 11) is 4.07. The topological polar surface area (TPSA) is 26.0 Å². The summed E-state index contributed by atoms with van der Waals surface area (Å²) in [5, 5.41) is 4.78. The van der Waals surface area contributed by atoms with Crippen molar-refractivity contribution in [2.75, 3.05) is 7.05 Å². The van der Waals surface area contributed by atoms with Crippen LogP contribution in [0.4, 0.5) is 0 Å². The highest BCUT2D eigenvalue weighted by molar-refractivity contribution is 7.71. The second kappa shape index (κ2) is 7.33. The van der Waals surface area contributed by atoms with Crippen LogP contribution in [-0.2, 0) is 20.3 Å². The first-order chi connectivity index (χ1) is 12.0. The van der Waals surface area contributed by atoms with Crippen LogP contribution in [0.1, 0.15) is 16.7 Å². The Morgan fingerprint density at radius 1 is 1.00 bits per heavy atom. The number of nitrogens with zero attached hydrogens (tertiary/aromatic N) is 4. The molecule has 0 radical (unpaired) electrons. The predicted octanol–water partition coefficient (Wildman–Crippen LogP) is 4.32. The highest BCUT2D eigenvalue weighted by Gasteiger charge is 2.13. The zero-order valence-corrected chi connectivity index (χ0v) is 16.0. The van der Waals surface area contributed by atoms with Gasteiger partial charge >= 0.3 is 0 Å². The second-order valence-electron chi connectivity index (χ2n) is 6.56. The van der Waals surface area contributed by atoms with Crippen LogP contribution in [0, 0.1) is 18.6 Å². The van der Waals surface area contributed by atoms with Gasteiger partial charge in [0.1, 0.15) is 0 Å². The molecule has 0 aliphatic heterocycles. The van der Waals surface area contributed by atoms with E-state index in [-0.39, 0.29) is 0 Å². The Labute approximate surface area is 154 Å². The van der Waals surface area contributed by atoms with Gasteiger partial charge in [-0.1, -0.05) is 48.5 Å². The van der Waals surface area contributed by atoms with E-state index in [1.165, 1.54) is 16.7 Å². The first-order valence-electron chi connectivity index (χ1n) is 8.40. The third-order valence-corrected chi connectivity index (χ3v) is 4.99. The van der Waals surface area contributed by atoms with E-state index in [4.69, 9.17) is 17.3 Å². The molecule has 0 saturated heterocycles. The SMILES string of the molecule is Cc1ccccc1CN(C)Cn1nc(-c2ccccc2C)n(C)c1=S. The molecule has 0 bridgehead atoms. The van der Waals surface area contributed by atoms with Gasteiger partial charge in [0, 0.05) is 19.2 Å². The molecule has 4 nitrogen and oxygen atoms in total. The van der Waals surface area contributed by atoms with Crippen molar-refractivity contribution in [2.24, 2.45) is 7.05 Å². The van der Waals surface area contributed by atoms with Crippen LogP contribution in [0.2, 0.25) is 0 Å². The minimum atomic E-state index is 0.660. The average Bonchev–Trinajstić information content (AvgIpc) is 2.86. The lowest BCUT2D eigenvalue weighted by Crippen LogP contribution is -2.23. The molecule has 2 aromatic carbocycles. The second-order valence-corrected chi connectivity index (χ2v) is 6.93. The molecule has 0 aliphatic carbocycles. The van der Waals surface area contributed by atoms with Crippen LogP contribution < -0.4 is 0 Å². The van der Waals surface area contributed by atoms with E-state index < -0.39 is 0 Å². The van der Waals surface area contributed by atoms with Crippen LogP contribution in [0.15, 0.2) is 48.5 Å². The van der Waals surface area contributed by atoms with E-state index in [9.17, 15) is 0 Å². The van der Waals surface area contributed by atoms with Gasteiger partial charge in [0.25, 0.3) is 0 Å². The summed E-state index contributed by atoms with van der Waals surface area (Å²) in [4.78, 5) is 2.23. The maximum atomic E-state index is 5.60. The van der Waals surface area contributed by atoms with Crippen molar-refractivity contribution in [3.8, 4) is 11.4 Å². The van der Waals surface area contributed by atoms with Crippen molar-refractivity contribution in [2.45, 2.75) is 27.1 Å². The van der Waals surface area contributed by atoms with Crippen LogP contribution >= 0.6 is 12.2 Å². The van der Waals surface area contributed by atoms with Gasteiger partial charge in [0.15, 0.2) is 10.6 Å². The van der Waals surface area contributed by atoms with Crippen molar-refractivity contribution in [1.82, 2.24) is 19.2 Å². The predicted molar refractivity (Wildman–Crippen MR) is 105 cm³/mol. The van der Waals surface area contributed by atoms with E-state index in [0.717, 1.165) is 22.7 Å². The summed E-state index contributed by atoms with van der Waals surface area (Å²) in [5.41, 5.74) is 4.95. The molecule has 130 valence electrons. The van der Waals surface area contributed by atoms with Gasteiger partial charge in [-0.05, 0) is 49.8 Å². The van der Waals surface area contributed by atoms with Gasteiger partial charge < -0.3 is 4.57 Å². The molecule has 0 N–H and O–H groups in total. The Balaban J connectivity index is 1.84. The fraction of sp³-hybridized carbons (Fsp3) is 0.300. The molecule has 0 unspecified atom stereocenters. The van der Waals surface area contributed by atoms with E-state index in [1.807, 2.05) is 28.4 Å². The number of aryl methyl sites for hydroxylation is 2. The van der Waals surface area contributed by atoms with E-state index in [2.05, 4.69) is 62.2 Å². The lowest BCUT2D eigenvalue weighted by molar-refractivity contribution is 0.243. The number of hydrogen-bond donors (Lipinski definition) is 0. The van der Waals surface area contributed by atoms with Gasteiger partial charge in [-0.3, -0.25) is 4.90 Å². The molecule has 0 fully saturated rings. The average molecular weight is 353 g/mol. The van der Waals surface area contributed by atoms with Gasteiger partial charge in [-0.2, -0.15) is 5.10 Å². The monoisotopic (exact) mass is 352 g/mol. The number of aromatic nitrogens is 3. The molecule has 0 spiro atoms. The molecular weight excluding hydrogens is 328 g/mol. The zero-order chi connectivity index (χ0) is 18.0. The van der Waals surface area contributed by atoms with Gasteiger partial charge in [0.2, 0.25) is 0 Å². The molecule has 3 rings (SSSR count). The van der Waals surface area contributed by atoms with E-state index >= 15 is 0 Å². The van der Waals surface area contributed by atoms with Crippen molar-refractivity contribution >= 4 is 12.2 Å². The first kappa shape index (κ1) is 17.6. The molecular formula is C20H24N4S. The van der Waals surface area contributed by atoms with Crippen molar-refractivity contribution in [1.29, 1.82) is 0 Å². The summed E-state index contributed by atoms with van der Waals surface area (Å²) in [6, 6.07) is 16.7. The third kappa shape index (κ3) is 3.72. The van der Waals surface area contributed by atoms with Crippen molar-refractivity contribution < 1.29 is 0 Å². The highest BCUT2D eigenvalue weighted by atomic mass is 32.1. The summed E-state index contributed by atoms with van der Waals surface area (Å²) in [6.45, 7) is 5.77. The molecule has 0 aliphatic rings. The minimum Gasteiger partial charge on any atom is -0.303 e. The molecule has 3 aromatic rings. The minimum absolute atomic E-state index is 0.660. The smallest absolute Gasteiger partial charge is 0.199 e. The van der Waals surface area contributed by atoms with Crippen molar-refractivity contribution in [3.05, 3.63) is 70.0 Å². The Morgan fingerprint density at radius 2 is 1.64 bits per heavy atom. The molecule has 0 atom stereocenters. The molecule has 1 heterocycles. The summed E-state index contributed by atoms with van der Waals surface area (Å²) in [5.74, 6) is 0.910. The fourth-order valence-corrected chi connectivity index (χ4v) is 3.18. The zero-order valence-electron chi connectivity index (χ0n) is 15.2. The molecule has 0 amide bonds. The summed E-state index contributed by atoms with van der Waals surface area (Å²) < 4.78 is 4.61. The summed E-state index contributed by atoms with van der Waals surface area (Å²) >= 11 is 5.60. The maximum Gasteiger partial charge on any atom is 0.199 e. The Kier molecular flexibility index (Phi) is 5.16. The normalized spacial score (nSPS) is 11.2. The first-order valence-corrected chi connectivity index (χ1v) is 8.81. The Morgan fingerprint density at radius 3 is 2.32 bits per heavy atom. The fourth-order valence-electron chi connectivity index (χ4n) is 3.00. The van der Waals surface area contributed by atoms with E-state index in [1.54, 1.807) is 0 Å². The van der Waals surface area contributed by atoms with Crippen molar-refractivity contribution in [3.63, 3.8) is 0 Å². The molecule has 0 saturated carbocycles. The number of hydrogen-bond acceptors (Lipinski definition) is 3. The third-order valence-electron chi connectivity index (χ3n) is 4.50. The maximum absolute atomic E-state index is 5.60. The van der Waals surface area contributed by atoms with Crippen LogP contribution in [0.3, 0.4) is 0 Å². The van der Waals surface area contributed by atoms with Crippen LogP contribution in [-0.4, -0.2) is 26.3 Å².